The second kappa shape index (κ2) is 8.16. The molecule has 0 radical (unpaired) electrons. The lowest BCUT2D eigenvalue weighted by Crippen LogP contribution is -2.17. The van der Waals surface area contributed by atoms with E-state index in [0.717, 1.165) is 0 Å². The summed E-state index contributed by atoms with van der Waals surface area (Å²) in [6, 6.07) is 13.9. The summed E-state index contributed by atoms with van der Waals surface area (Å²) in [6.07, 6.45) is 0. The van der Waals surface area contributed by atoms with Crippen LogP contribution in [0.15, 0.2) is 64.5 Å². The topological polar surface area (TPSA) is 125 Å². The van der Waals surface area contributed by atoms with Gasteiger partial charge < -0.3 is 9.47 Å². The highest BCUT2D eigenvalue weighted by molar-refractivity contribution is 7.92. The van der Waals surface area contributed by atoms with Crippen LogP contribution in [-0.4, -0.2) is 46.0 Å². The third-order valence-corrected chi connectivity index (χ3v) is 7.57. The van der Waals surface area contributed by atoms with E-state index in [0.29, 0.717) is 41.7 Å². The SMILES string of the molecule is CCS(=O)(=O)c1ccc(-c2cccc(NS(=O)(=O)c3ccc4c(c3)OCCO4)c2)nn1. The molecule has 31 heavy (non-hydrogen) atoms. The number of ether oxygens (including phenoxy) is 2. The highest BCUT2D eigenvalue weighted by Crippen LogP contribution is 2.33. The molecule has 162 valence electrons. The lowest BCUT2D eigenvalue weighted by molar-refractivity contribution is 0.171. The fraction of sp³-hybridized carbons (Fsp3) is 0.200. The number of benzene rings is 2. The van der Waals surface area contributed by atoms with Crippen LogP contribution in [0.5, 0.6) is 11.5 Å². The highest BCUT2D eigenvalue weighted by Gasteiger charge is 2.20. The Morgan fingerprint density at radius 3 is 2.39 bits per heavy atom. The molecule has 0 aliphatic carbocycles. The van der Waals surface area contributed by atoms with Crippen LogP contribution in [0, 0.1) is 0 Å². The average molecular weight is 462 g/mol. The van der Waals surface area contributed by atoms with Crippen LogP contribution in [0.1, 0.15) is 6.92 Å². The van der Waals surface area contributed by atoms with Crippen LogP contribution in [0.3, 0.4) is 0 Å². The van der Waals surface area contributed by atoms with Crippen LogP contribution in [0.25, 0.3) is 11.3 Å². The Morgan fingerprint density at radius 1 is 0.903 bits per heavy atom. The van der Waals surface area contributed by atoms with E-state index in [2.05, 4.69) is 14.9 Å². The van der Waals surface area contributed by atoms with Crippen molar-refractivity contribution in [3.05, 3.63) is 54.6 Å². The molecule has 3 aromatic rings. The largest absolute Gasteiger partial charge is 0.486 e. The fourth-order valence-electron chi connectivity index (χ4n) is 2.93. The molecule has 0 amide bonds. The fourth-order valence-corrected chi connectivity index (χ4v) is 4.74. The molecule has 9 nitrogen and oxygen atoms in total. The molecule has 2 aromatic carbocycles. The quantitative estimate of drug-likeness (QED) is 0.594. The molecule has 1 aromatic heterocycles. The molecule has 0 bridgehead atoms. The van der Waals surface area contributed by atoms with Crippen LogP contribution in [0.4, 0.5) is 5.69 Å². The number of rotatable bonds is 6. The maximum Gasteiger partial charge on any atom is 0.262 e. The first-order valence-electron chi connectivity index (χ1n) is 9.38. The maximum absolute atomic E-state index is 12.8. The summed E-state index contributed by atoms with van der Waals surface area (Å²) in [4.78, 5) is 0.0380. The van der Waals surface area contributed by atoms with Gasteiger partial charge in [0, 0.05) is 17.3 Å². The smallest absolute Gasteiger partial charge is 0.262 e. The Hall–Kier alpha value is -3.18. The number of fused-ring (bicyclic) bond motifs is 1. The number of aromatic nitrogens is 2. The molecular weight excluding hydrogens is 442 g/mol. The Morgan fingerprint density at radius 2 is 1.68 bits per heavy atom. The van der Waals surface area contributed by atoms with E-state index in [9.17, 15) is 16.8 Å². The van der Waals surface area contributed by atoms with Crippen molar-refractivity contribution in [2.45, 2.75) is 16.8 Å². The normalized spacial score (nSPS) is 13.6. The van der Waals surface area contributed by atoms with Crippen molar-refractivity contribution in [1.82, 2.24) is 10.2 Å². The standard InChI is InChI=1S/C20H19N3O6S2/c1-2-30(24,25)20-9-7-17(21-22-20)14-4-3-5-15(12-14)23-31(26,27)16-6-8-18-19(13-16)29-11-10-28-18/h3-9,12-13,23H,2,10-11H2,1H3. The van der Waals surface area contributed by atoms with E-state index in [1.54, 1.807) is 30.3 Å². The molecule has 2 heterocycles. The summed E-state index contributed by atoms with van der Waals surface area (Å²) in [6.45, 7) is 2.30. The van der Waals surface area contributed by atoms with Crippen molar-refractivity contribution in [2.24, 2.45) is 0 Å². The summed E-state index contributed by atoms with van der Waals surface area (Å²) in [5.74, 6) is 0.803. The van der Waals surface area contributed by atoms with E-state index in [1.165, 1.54) is 31.2 Å². The molecule has 4 rings (SSSR count). The third kappa shape index (κ3) is 4.47. The molecule has 0 atom stereocenters. The van der Waals surface area contributed by atoms with Crippen molar-refractivity contribution in [3.63, 3.8) is 0 Å². The van der Waals surface area contributed by atoms with Crippen LogP contribution in [0.2, 0.25) is 0 Å². The van der Waals surface area contributed by atoms with Gasteiger partial charge in [0.15, 0.2) is 26.4 Å². The number of hydrogen-bond donors (Lipinski definition) is 1. The van der Waals surface area contributed by atoms with Gasteiger partial charge in [-0.25, -0.2) is 16.8 Å². The van der Waals surface area contributed by atoms with Crippen molar-refractivity contribution in [2.75, 3.05) is 23.7 Å². The highest BCUT2D eigenvalue weighted by atomic mass is 32.2. The molecular formula is C20H19N3O6S2. The molecule has 0 spiro atoms. The zero-order chi connectivity index (χ0) is 22.1. The molecule has 0 fully saturated rings. The van der Waals surface area contributed by atoms with Crippen molar-refractivity contribution in [3.8, 4) is 22.8 Å². The molecule has 1 N–H and O–H groups in total. The molecule has 11 heteroatoms. The van der Waals surface area contributed by atoms with Gasteiger partial charge in [-0.2, -0.15) is 0 Å². The Labute approximate surface area is 180 Å². The van der Waals surface area contributed by atoms with Gasteiger partial charge in [0.05, 0.1) is 16.3 Å². The second-order valence-electron chi connectivity index (χ2n) is 6.65. The predicted octanol–water partition coefficient (Wildman–Crippen LogP) is 2.51. The molecule has 1 aliphatic heterocycles. The molecule has 0 saturated carbocycles. The summed E-state index contributed by atoms with van der Waals surface area (Å²) < 4.78 is 62.8. The minimum Gasteiger partial charge on any atom is -0.486 e. The first kappa shape index (κ1) is 21.1. The van der Waals surface area contributed by atoms with Gasteiger partial charge in [-0.1, -0.05) is 19.1 Å². The van der Waals surface area contributed by atoms with E-state index >= 15 is 0 Å². The average Bonchev–Trinajstić information content (AvgIpc) is 2.78. The van der Waals surface area contributed by atoms with Gasteiger partial charge in [-0.3, -0.25) is 4.72 Å². The number of hydrogen-bond acceptors (Lipinski definition) is 8. The lowest BCUT2D eigenvalue weighted by atomic mass is 10.1. The second-order valence-corrected chi connectivity index (χ2v) is 10.6. The van der Waals surface area contributed by atoms with Gasteiger partial charge in [0.25, 0.3) is 10.0 Å². The first-order chi connectivity index (χ1) is 14.8. The van der Waals surface area contributed by atoms with Crippen LogP contribution in [-0.2, 0) is 19.9 Å². The third-order valence-electron chi connectivity index (χ3n) is 4.57. The Kier molecular flexibility index (Phi) is 5.54. The summed E-state index contributed by atoms with van der Waals surface area (Å²) in [5, 5.41) is 7.66. The number of nitrogens with one attached hydrogen (secondary N) is 1. The van der Waals surface area contributed by atoms with Crippen molar-refractivity contribution in [1.29, 1.82) is 0 Å². The zero-order valence-electron chi connectivity index (χ0n) is 16.5. The zero-order valence-corrected chi connectivity index (χ0v) is 18.1. The van der Waals surface area contributed by atoms with Gasteiger partial charge >= 0.3 is 0 Å². The maximum atomic E-state index is 12.8. The van der Waals surface area contributed by atoms with Gasteiger partial charge in [-0.15, -0.1) is 10.2 Å². The minimum atomic E-state index is -3.88. The number of sulfone groups is 1. The van der Waals surface area contributed by atoms with E-state index < -0.39 is 19.9 Å². The molecule has 0 unspecified atom stereocenters. The van der Waals surface area contributed by atoms with Gasteiger partial charge in [0.1, 0.15) is 13.2 Å². The number of anilines is 1. The number of sulfonamides is 1. The summed E-state index contributed by atoms with van der Waals surface area (Å²) in [7, 11) is -7.33. The van der Waals surface area contributed by atoms with Gasteiger partial charge in [-0.05, 0) is 36.4 Å². The van der Waals surface area contributed by atoms with Crippen molar-refractivity contribution >= 4 is 25.5 Å². The van der Waals surface area contributed by atoms with E-state index in [1.807, 2.05) is 0 Å². The Bertz CT molecular complexity index is 1320. The van der Waals surface area contributed by atoms with E-state index in [4.69, 9.17) is 9.47 Å². The van der Waals surface area contributed by atoms with Gasteiger partial charge in [0.2, 0.25) is 0 Å². The van der Waals surface area contributed by atoms with Crippen LogP contribution < -0.4 is 14.2 Å². The molecule has 1 aliphatic rings. The summed E-state index contributed by atoms with van der Waals surface area (Å²) in [5.41, 5.74) is 1.31. The number of nitrogens with zero attached hydrogens (tertiary/aromatic N) is 2. The van der Waals surface area contributed by atoms with Crippen molar-refractivity contribution < 1.29 is 26.3 Å². The molecule has 0 saturated heterocycles. The van der Waals surface area contributed by atoms with E-state index in [-0.39, 0.29) is 15.7 Å². The minimum absolute atomic E-state index is 0.0380. The predicted molar refractivity (Wildman–Crippen MR) is 113 cm³/mol. The Balaban J connectivity index is 1.59. The first-order valence-corrected chi connectivity index (χ1v) is 12.5. The van der Waals surface area contributed by atoms with Crippen LogP contribution >= 0.6 is 0 Å². The monoisotopic (exact) mass is 461 g/mol. The lowest BCUT2D eigenvalue weighted by Gasteiger charge is -2.19. The summed E-state index contributed by atoms with van der Waals surface area (Å²) >= 11 is 0.